The number of hydrogen-bond acceptors (Lipinski definition) is 3. The zero-order valence-electron chi connectivity index (χ0n) is 12.7. The Morgan fingerprint density at radius 1 is 1.29 bits per heavy atom. The van der Waals surface area contributed by atoms with E-state index in [1.54, 1.807) is 29.2 Å². The molecule has 2 amide bonds. The first-order valence-electron chi connectivity index (χ1n) is 6.99. The molecule has 0 bridgehead atoms. The topological polar surface area (TPSA) is 73.2 Å². The molecule has 1 aromatic carbocycles. The summed E-state index contributed by atoms with van der Waals surface area (Å²) in [5.41, 5.74) is 1.27. The lowest BCUT2D eigenvalue weighted by molar-refractivity contribution is -0.122. The third-order valence-corrected chi connectivity index (χ3v) is 2.94. The third-order valence-electron chi connectivity index (χ3n) is 2.94. The molecule has 5 nitrogen and oxygen atoms in total. The highest BCUT2D eigenvalue weighted by Gasteiger charge is 2.12. The fourth-order valence-corrected chi connectivity index (χ4v) is 1.93. The summed E-state index contributed by atoms with van der Waals surface area (Å²) in [6.45, 7) is 6.26. The zero-order valence-corrected chi connectivity index (χ0v) is 12.7. The fraction of sp³-hybridized carbons (Fsp3) is 0.438. The van der Waals surface area contributed by atoms with Gasteiger partial charge < -0.3 is 10.2 Å². The molecule has 0 aromatic heterocycles. The smallest absolute Gasteiger partial charge is 0.223 e. The highest BCUT2D eigenvalue weighted by Crippen LogP contribution is 2.14. The number of nitrogens with one attached hydrogen (secondary N) is 1. The van der Waals surface area contributed by atoms with Gasteiger partial charge in [0.25, 0.3) is 0 Å². The number of hydrogen-bond donors (Lipinski definition) is 1. The molecule has 0 spiro atoms. The maximum absolute atomic E-state index is 11.7. The van der Waals surface area contributed by atoms with E-state index in [0.717, 1.165) is 5.69 Å². The highest BCUT2D eigenvalue weighted by molar-refractivity contribution is 5.91. The van der Waals surface area contributed by atoms with Gasteiger partial charge in [0.15, 0.2) is 0 Å². The fourth-order valence-electron chi connectivity index (χ4n) is 1.93. The summed E-state index contributed by atoms with van der Waals surface area (Å²) in [4.78, 5) is 24.9. The van der Waals surface area contributed by atoms with Crippen molar-refractivity contribution in [3.63, 3.8) is 0 Å². The van der Waals surface area contributed by atoms with Gasteiger partial charge in [0, 0.05) is 32.1 Å². The average Bonchev–Trinajstić information content (AvgIpc) is 2.42. The van der Waals surface area contributed by atoms with E-state index in [1.165, 1.54) is 6.92 Å². The molecule has 0 aliphatic rings. The van der Waals surface area contributed by atoms with Crippen molar-refractivity contribution in [1.82, 2.24) is 5.32 Å². The minimum Gasteiger partial charge on any atom is -0.354 e. The Morgan fingerprint density at radius 3 is 2.38 bits per heavy atom. The van der Waals surface area contributed by atoms with Crippen molar-refractivity contribution < 1.29 is 9.59 Å². The lowest BCUT2D eigenvalue weighted by atomic mass is 10.1. The molecule has 0 unspecified atom stereocenters. The van der Waals surface area contributed by atoms with Gasteiger partial charge in [-0.2, -0.15) is 5.26 Å². The molecule has 0 saturated heterocycles. The molecule has 0 aliphatic heterocycles. The molecule has 0 radical (unpaired) electrons. The molecule has 1 N–H and O–H groups in total. The van der Waals surface area contributed by atoms with Crippen molar-refractivity contribution in [2.24, 2.45) is 5.92 Å². The molecule has 0 atom stereocenters. The van der Waals surface area contributed by atoms with E-state index < -0.39 is 0 Å². The summed E-state index contributed by atoms with van der Waals surface area (Å²) in [7, 11) is 0. The second-order valence-electron chi connectivity index (χ2n) is 5.28. The normalized spacial score (nSPS) is 10.0. The average molecular weight is 287 g/mol. The summed E-state index contributed by atoms with van der Waals surface area (Å²) < 4.78 is 0. The van der Waals surface area contributed by atoms with Crippen LogP contribution in [0.15, 0.2) is 24.3 Å². The van der Waals surface area contributed by atoms with Crippen LogP contribution < -0.4 is 10.2 Å². The quantitative estimate of drug-likeness (QED) is 0.870. The van der Waals surface area contributed by atoms with Gasteiger partial charge in [-0.1, -0.05) is 13.8 Å². The molecule has 5 heteroatoms. The summed E-state index contributed by atoms with van der Waals surface area (Å²) >= 11 is 0. The van der Waals surface area contributed by atoms with Gasteiger partial charge in [0.05, 0.1) is 11.6 Å². The van der Waals surface area contributed by atoms with Gasteiger partial charge in [-0.25, -0.2) is 0 Å². The number of carbonyl (C=O) groups is 2. The number of amides is 2. The molecule has 1 rings (SSSR count). The van der Waals surface area contributed by atoms with Crippen molar-refractivity contribution in [2.45, 2.75) is 27.2 Å². The number of benzene rings is 1. The van der Waals surface area contributed by atoms with Crippen molar-refractivity contribution >= 4 is 17.5 Å². The lowest BCUT2D eigenvalue weighted by Crippen LogP contribution is -2.37. The van der Waals surface area contributed by atoms with E-state index in [0.29, 0.717) is 31.0 Å². The van der Waals surface area contributed by atoms with Crippen molar-refractivity contribution in [3.05, 3.63) is 29.8 Å². The van der Waals surface area contributed by atoms with Crippen LogP contribution in [-0.2, 0) is 9.59 Å². The van der Waals surface area contributed by atoms with E-state index in [4.69, 9.17) is 5.26 Å². The zero-order chi connectivity index (χ0) is 15.8. The maximum atomic E-state index is 11.7. The number of rotatable bonds is 6. The lowest BCUT2D eigenvalue weighted by Gasteiger charge is -2.21. The van der Waals surface area contributed by atoms with Gasteiger partial charge in [0.2, 0.25) is 11.8 Å². The second kappa shape index (κ2) is 8.05. The Kier molecular flexibility index (Phi) is 6.41. The molecular formula is C16H21N3O2. The Bertz CT molecular complexity index is 529. The van der Waals surface area contributed by atoms with Crippen molar-refractivity contribution in [3.8, 4) is 6.07 Å². The van der Waals surface area contributed by atoms with E-state index in [-0.39, 0.29) is 11.8 Å². The molecular weight excluding hydrogens is 266 g/mol. The van der Waals surface area contributed by atoms with Crippen molar-refractivity contribution in [2.75, 3.05) is 18.0 Å². The summed E-state index contributed by atoms with van der Waals surface area (Å²) in [5, 5.41) is 11.6. The van der Waals surface area contributed by atoms with Crippen LogP contribution in [0, 0.1) is 17.2 Å². The standard InChI is InChI=1S/C16H21N3O2/c1-12(2)10-16(21)18-8-9-19(13(3)20)15-6-4-14(11-17)5-7-15/h4-7,12H,8-10H2,1-3H3,(H,18,21). The molecule has 0 saturated carbocycles. The Labute approximate surface area is 125 Å². The van der Waals surface area contributed by atoms with Crippen LogP contribution in [0.3, 0.4) is 0 Å². The Hall–Kier alpha value is -2.35. The Balaban J connectivity index is 2.60. The number of nitrogens with zero attached hydrogens (tertiary/aromatic N) is 2. The van der Waals surface area contributed by atoms with Gasteiger partial charge in [-0.15, -0.1) is 0 Å². The van der Waals surface area contributed by atoms with Gasteiger partial charge >= 0.3 is 0 Å². The largest absolute Gasteiger partial charge is 0.354 e. The first-order chi connectivity index (χ1) is 9.93. The Morgan fingerprint density at radius 2 is 1.90 bits per heavy atom. The molecule has 0 fully saturated rings. The highest BCUT2D eigenvalue weighted by atomic mass is 16.2. The van der Waals surface area contributed by atoms with Crippen LogP contribution in [0.1, 0.15) is 32.8 Å². The first kappa shape index (κ1) is 16.7. The van der Waals surface area contributed by atoms with E-state index in [9.17, 15) is 9.59 Å². The molecule has 112 valence electrons. The summed E-state index contributed by atoms with van der Waals surface area (Å²) in [6, 6.07) is 8.84. The van der Waals surface area contributed by atoms with Crippen molar-refractivity contribution in [1.29, 1.82) is 5.26 Å². The minimum atomic E-state index is -0.0992. The number of carbonyl (C=O) groups excluding carboxylic acids is 2. The van der Waals surface area contributed by atoms with E-state index >= 15 is 0 Å². The number of nitriles is 1. The predicted octanol–water partition coefficient (Wildman–Crippen LogP) is 2.07. The van der Waals surface area contributed by atoms with E-state index in [1.807, 2.05) is 19.9 Å². The molecule has 1 aromatic rings. The van der Waals surface area contributed by atoms with Gasteiger partial charge in [0.1, 0.15) is 0 Å². The van der Waals surface area contributed by atoms with Gasteiger partial charge in [-0.05, 0) is 30.2 Å². The molecule has 0 heterocycles. The molecule has 0 aliphatic carbocycles. The maximum Gasteiger partial charge on any atom is 0.223 e. The number of anilines is 1. The van der Waals surface area contributed by atoms with Crippen LogP contribution in [0.4, 0.5) is 5.69 Å². The second-order valence-corrected chi connectivity index (χ2v) is 5.28. The van der Waals surface area contributed by atoms with Gasteiger partial charge in [-0.3, -0.25) is 9.59 Å². The summed E-state index contributed by atoms with van der Waals surface area (Å²) in [6.07, 6.45) is 0.483. The van der Waals surface area contributed by atoms with Crippen LogP contribution in [-0.4, -0.2) is 24.9 Å². The van der Waals surface area contributed by atoms with Crippen LogP contribution in [0.2, 0.25) is 0 Å². The summed E-state index contributed by atoms with van der Waals surface area (Å²) in [5.74, 6) is 0.207. The monoisotopic (exact) mass is 287 g/mol. The van der Waals surface area contributed by atoms with Crippen LogP contribution in [0.5, 0.6) is 0 Å². The first-order valence-corrected chi connectivity index (χ1v) is 6.99. The predicted molar refractivity (Wildman–Crippen MR) is 81.6 cm³/mol. The SMILES string of the molecule is CC(=O)N(CCNC(=O)CC(C)C)c1ccc(C#N)cc1. The third kappa shape index (κ3) is 5.65. The molecule has 21 heavy (non-hydrogen) atoms. The minimum absolute atomic E-state index is 0.00618. The van der Waals surface area contributed by atoms with Crippen LogP contribution >= 0.6 is 0 Å². The van der Waals surface area contributed by atoms with Crippen LogP contribution in [0.25, 0.3) is 0 Å². The van der Waals surface area contributed by atoms with E-state index in [2.05, 4.69) is 5.32 Å².